The number of allylic oxidation sites excluding steroid dienone is 1. The summed E-state index contributed by atoms with van der Waals surface area (Å²) in [7, 11) is 0. The Balaban J connectivity index is 2.68. The number of ether oxygens (including phenoxy) is 1. The van der Waals surface area contributed by atoms with Gasteiger partial charge in [0.25, 0.3) is 0 Å². The number of unbranched alkanes of at least 4 members (excludes halogenated alkanes) is 2. The molecule has 1 rings (SSSR count). The first-order valence-electron chi connectivity index (χ1n) is 5.75. The van der Waals surface area contributed by atoms with Crippen molar-refractivity contribution in [1.82, 2.24) is 0 Å². The van der Waals surface area contributed by atoms with E-state index in [0.717, 1.165) is 25.7 Å². The van der Waals surface area contributed by atoms with E-state index in [9.17, 15) is 4.79 Å². The maximum Gasteiger partial charge on any atom is 0.335 e. The van der Waals surface area contributed by atoms with Crippen molar-refractivity contribution in [2.75, 3.05) is 5.88 Å². The molecule has 1 aliphatic heterocycles. The normalized spacial score (nSPS) is 28.1. The Morgan fingerprint density at radius 2 is 2.12 bits per heavy atom. The van der Waals surface area contributed by atoms with Crippen LogP contribution in [0.5, 0.6) is 0 Å². The van der Waals surface area contributed by atoms with Gasteiger partial charge in [0, 0.05) is 16.8 Å². The SMILES string of the molecule is CCCCC[C@@H]1OC(=O)/C(=C(/C)Cl)[C@H]1CCl. The van der Waals surface area contributed by atoms with Crippen LogP contribution in [0.2, 0.25) is 0 Å². The monoisotopic (exact) mass is 264 g/mol. The van der Waals surface area contributed by atoms with E-state index in [2.05, 4.69) is 6.92 Å². The van der Waals surface area contributed by atoms with Crippen molar-refractivity contribution >= 4 is 29.2 Å². The fourth-order valence-corrected chi connectivity index (χ4v) is 2.62. The summed E-state index contributed by atoms with van der Waals surface area (Å²) in [5.74, 6) is 0.0604. The van der Waals surface area contributed by atoms with Crippen LogP contribution in [0, 0.1) is 5.92 Å². The molecule has 1 aliphatic rings. The Morgan fingerprint density at radius 1 is 1.44 bits per heavy atom. The largest absolute Gasteiger partial charge is 0.458 e. The van der Waals surface area contributed by atoms with Gasteiger partial charge in [0.15, 0.2) is 0 Å². The number of esters is 1. The predicted molar refractivity (Wildman–Crippen MR) is 66.8 cm³/mol. The van der Waals surface area contributed by atoms with Gasteiger partial charge in [0.1, 0.15) is 6.10 Å². The number of cyclic esters (lactones) is 1. The van der Waals surface area contributed by atoms with E-state index in [1.54, 1.807) is 6.92 Å². The van der Waals surface area contributed by atoms with E-state index in [-0.39, 0.29) is 18.0 Å². The lowest BCUT2D eigenvalue weighted by atomic mass is 9.94. The molecule has 1 fully saturated rings. The van der Waals surface area contributed by atoms with Crippen LogP contribution in [-0.4, -0.2) is 18.0 Å². The molecule has 1 heterocycles. The highest BCUT2D eigenvalue weighted by Gasteiger charge is 2.39. The highest BCUT2D eigenvalue weighted by Crippen LogP contribution is 2.34. The van der Waals surface area contributed by atoms with Gasteiger partial charge in [-0.2, -0.15) is 0 Å². The Hall–Kier alpha value is -0.210. The predicted octanol–water partition coefficient (Wildman–Crippen LogP) is 3.86. The first kappa shape index (κ1) is 13.9. The number of carbonyl (C=O) groups excluding carboxylic acids is 1. The zero-order chi connectivity index (χ0) is 12.1. The molecule has 0 aromatic rings. The molecule has 0 amide bonds. The number of hydrogen-bond acceptors (Lipinski definition) is 2. The van der Waals surface area contributed by atoms with E-state index in [1.807, 2.05) is 0 Å². The van der Waals surface area contributed by atoms with Gasteiger partial charge in [-0.3, -0.25) is 0 Å². The van der Waals surface area contributed by atoms with E-state index in [0.29, 0.717) is 16.5 Å². The second-order valence-electron chi connectivity index (χ2n) is 4.15. The van der Waals surface area contributed by atoms with Crippen LogP contribution in [0.1, 0.15) is 39.5 Å². The van der Waals surface area contributed by atoms with Crippen LogP contribution in [0.25, 0.3) is 0 Å². The minimum Gasteiger partial charge on any atom is -0.458 e. The van der Waals surface area contributed by atoms with Crippen molar-refractivity contribution in [3.05, 3.63) is 10.6 Å². The summed E-state index contributed by atoms with van der Waals surface area (Å²) < 4.78 is 5.32. The molecule has 0 spiro atoms. The van der Waals surface area contributed by atoms with Gasteiger partial charge in [-0.1, -0.05) is 31.4 Å². The van der Waals surface area contributed by atoms with Gasteiger partial charge in [-0.05, 0) is 19.8 Å². The third-order valence-corrected chi connectivity index (χ3v) is 3.46. The summed E-state index contributed by atoms with van der Waals surface area (Å²) in [4.78, 5) is 11.6. The lowest BCUT2D eigenvalue weighted by Crippen LogP contribution is -2.18. The molecule has 0 radical (unpaired) electrons. The first-order chi connectivity index (χ1) is 7.61. The molecular weight excluding hydrogens is 247 g/mol. The van der Waals surface area contributed by atoms with Gasteiger partial charge in [0.05, 0.1) is 5.57 Å². The van der Waals surface area contributed by atoms with E-state index >= 15 is 0 Å². The van der Waals surface area contributed by atoms with Gasteiger partial charge in [-0.25, -0.2) is 4.79 Å². The number of hydrogen-bond donors (Lipinski definition) is 0. The van der Waals surface area contributed by atoms with Gasteiger partial charge >= 0.3 is 5.97 Å². The Kier molecular flexibility index (Phi) is 5.63. The molecule has 1 saturated heterocycles. The molecule has 0 aliphatic carbocycles. The smallest absolute Gasteiger partial charge is 0.335 e. The summed E-state index contributed by atoms with van der Waals surface area (Å²) in [6.45, 7) is 3.86. The Bertz CT molecular complexity index is 283. The average molecular weight is 265 g/mol. The van der Waals surface area contributed by atoms with Crippen molar-refractivity contribution < 1.29 is 9.53 Å². The summed E-state index contributed by atoms with van der Waals surface area (Å²) in [5.41, 5.74) is 0.568. The first-order valence-corrected chi connectivity index (χ1v) is 6.66. The van der Waals surface area contributed by atoms with Crippen molar-refractivity contribution in [3.8, 4) is 0 Å². The summed E-state index contributed by atoms with van der Waals surface area (Å²) in [5, 5.41) is 0.508. The average Bonchev–Trinajstić information content (AvgIpc) is 2.55. The summed E-state index contributed by atoms with van der Waals surface area (Å²) in [6, 6.07) is 0. The minimum absolute atomic E-state index is 0.0384. The lowest BCUT2D eigenvalue weighted by Gasteiger charge is -2.15. The van der Waals surface area contributed by atoms with Gasteiger partial charge < -0.3 is 4.74 Å². The summed E-state index contributed by atoms with van der Waals surface area (Å²) in [6.07, 6.45) is 4.17. The Morgan fingerprint density at radius 3 is 2.62 bits per heavy atom. The van der Waals surface area contributed by atoms with Gasteiger partial charge in [0.2, 0.25) is 0 Å². The molecule has 92 valence electrons. The van der Waals surface area contributed by atoms with Crippen molar-refractivity contribution in [2.24, 2.45) is 5.92 Å². The van der Waals surface area contributed by atoms with Crippen LogP contribution >= 0.6 is 23.2 Å². The van der Waals surface area contributed by atoms with Crippen molar-refractivity contribution in [2.45, 2.75) is 45.6 Å². The second-order valence-corrected chi connectivity index (χ2v) is 5.02. The highest BCUT2D eigenvalue weighted by atomic mass is 35.5. The number of carbonyl (C=O) groups is 1. The van der Waals surface area contributed by atoms with Crippen LogP contribution in [0.3, 0.4) is 0 Å². The van der Waals surface area contributed by atoms with E-state index < -0.39 is 0 Å². The quantitative estimate of drug-likeness (QED) is 0.326. The molecule has 2 atom stereocenters. The third kappa shape index (κ3) is 3.14. The molecule has 0 bridgehead atoms. The van der Waals surface area contributed by atoms with Crippen LogP contribution in [0.4, 0.5) is 0 Å². The van der Waals surface area contributed by atoms with Gasteiger partial charge in [-0.15, -0.1) is 11.6 Å². The maximum atomic E-state index is 11.6. The van der Waals surface area contributed by atoms with Crippen molar-refractivity contribution in [3.63, 3.8) is 0 Å². The Labute approximate surface area is 107 Å². The molecule has 2 nitrogen and oxygen atoms in total. The molecule has 0 unspecified atom stereocenters. The molecule has 16 heavy (non-hydrogen) atoms. The second kappa shape index (κ2) is 6.51. The zero-order valence-corrected chi connectivity index (χ0v) is 11.3. The fourth-order valence-electron chi connectivity index (χ4n) is 2.05. The molecule has 0 saturated carbocycles. The number of halogens is 2. The van der Waals surface area contributed by atoms with Crippen LogP contribution < -0.4 is 0 Å². The molecule has 4 heteroatoms. The summed E-state index contributed by atoms with van der Waals surface area (Å²) >= 11 is 11.8. The van der Waals surface area contributed by atoms with Crippen LogP contribution in [0.15, 0.2) is 10.6 Å². The minimum atomic E-state index is -0.292. The van der Waals surface area contributed by atoms with Crippen LogP contribution in [-0.2, 0) is 9.53 Å². The maximum absolute atomic E-state index is 11.6. The van der Waals surface area contributed by atoms with E-state index in [4.69, 9.17) is 27.9 Å². The van der Waals surface area contributed by atoms with Crippen molar-refractivity contribution in [1.29, 1.82) is 0 Å². The molecule has 0 aromatic heterocycles. The molecule has 0 aromatic carbocycles. The lowest BCUT2D eigenvalue weighted by molar-refractivity contribution is -0.139. The number of alkyl halides is 1. The fraction of sp³-hybridized carbons (Fsp3) is 0.750. The molecular formula is C12H18Cl2O2. The third-order valence-electron chi connectivity index (χ3n) is 2.93. The number of rotatable bonds is 5. The standard InChI is InChI=1S/C12H18Cl2O2/c1-3-4-5-6-10-9(7-13)11(8(2)14)12(15)16-10/h9-10H,3-7H2,1-2H3/b11-8-/t9-,10-/m0/s1. The zero-order valence-electron chi connectivity index (χ0n) is 9.76. The topological polar surface area (TPSA) is 26.3 Å². The highest BCUT2D eigenvalue weighted by molar-refractivity contribution is 6.31. The molecule has 0 N–H and O–H groups in total. The van der Waals surface area contributed by atoms with E-state index in [1.165, 1.54) is 0 Å².